The molecule has 0 bridgehead atoms. The Morgan fingerprint density at radius 1 is 1.04 bits per heavy atom. The number of fused-ring (bicyclic) bond motifs is 1. The van der Waals surface area contributed by atoms with Crippen LogP contribution in [-0.4, -0.2) is 70.8 Å². The Morgan fingerprint density at radius 2 is 1.74 bits per heavy atom. The lowest BCUT2D eigenvalue weighted by Crippen LogP contribution is -2.38. The second-order valence-corrected chi connectivity index (χ2v) is 8.89. The number of ether oxygens (including phenoxy) is 2. The minimum atomic E-state index is 0.0158. The number of piperidine rings is 1. The zero-order valence-corrected chi connectivity index (χ0v) is 16.7. The molecule has 0 atom stereocenters. The highest BCUT2D eigenvalue weighted by Crippen LogP contribution is 2.28. The molecule has 0 aliphatic carbocycles. The van der Waals surface area contributed by atoms with Gasteiger partial charge in [-0.05, 0) is 38.1 Å². The van der Waals surface area contributed by atoms with Crippen LogP contribution < -0.4 is 0 Å². The molecule has 0 spiro atoms. The van der Waals surface area contributed by atoms with Gasteiger partial charge in [-0.1, -0.05) is 20.8 Å². The fraction of sp³-hybridized carbons (Fsp3) is 0.750. The lowest BCUT2D eigenvalue weighted by Gasteiger charge is -2.33. The fourth-order valence-electron chi connectivity index (χ4n) is 3.97. The summed E-state index contributed by atoms with van der Waals surface area (Å²) in [7, 11) is 0. The van der Waals surface area contributed by atoms with Crippen molar-refractivity contribution in [2.45, 2.75) is 44.9 Å². The van der Waals surface area contributed by atoms with Crippen LogP contribution in [0.5, 0.6) is 0 Å². The Balaban J connectivity index is 1.42. The van der Waals surface area contributed by atoms with E-state index in [0.717, 1.165) is 76.1 Å². The maximum absolute atomic E-state index is 5.63. The van der Waals surface area contributed by atoms with Crippen molar-refractivity contribution in [3.63, 3.8) is 0 Å². The van der Waals surface area contributed by atoms with Crippen LogP contribution in [0.2, 0.25) is 0 Å². The number of hydrogen-bond acceptors (Lipinski definition) is 6. The minimum absolute atomic E-state index is 0.0158. The smallest absolute Gasteiger partial charge is 0.177 e. The first-order valence-electron chi connectivity index (χ1n) is 10.1. The summed E-state index contributed by atoms with van der Waals surface area (Å²) >= 11 is 0. The van der Waals surface area contributed by atoms with Crippen molar-refractivity contribution in [1.82, 2.24) is 24.7 Å². The van der Waals surface area contributed by atoms with E-state index in [0.29, 0.717) is 11.8 Å². The first-order valence-corrected chi connectivity index (χ1v) is 10.1. The van der Waals surface area contributed by atoms with E-state index >= 15 is 0 Å². The summed E-state index contributed by atoms with van der Waals surface area (Å²) in [4.78, 5) is 2.54. The summed E-state index contributed by atoms with van der Waals surface area (Å²) in [6.07, 6.45) is 2.19. The van der Waals surface area contributed by atoms with E-state index in [-0.39, 0.29) is 5.41 Å². The Kier molecular flexibility index (Phi) is 5.43. The molecule has 0 radical (unpaired) electrons. The third-order valence-corrected chi connectivity index (χ3v) is 5.60. The topological polar surface area (TPSA) is 64.8 Å². The van der Waals surface area contributed by atoms with Crippen LogP contribution >= 0.6 is 0 Å². The van der Waals surface area contributed by atoms with E-state index in [1.165, 1.54) is 0 Å². The van der Waals surface area contributed by atoms with Gasteiger partial charge >= 0.3 is 0 Å². The Bertz CT molecular complexity index is 753. The van der Waals surface area contributed by atoms with Gasteiger partial charge < -0.3 is 14.4 Å². The predicted molar refractivity (Wildman–Crippen MR) is 103 cm³/mol. The average Bonchev–Trinajstić information content (AvgIpc) is 2.90. The average molecular weight is 374 g/mol. The quantitative estimate of drug-likeness (QED) is 0.822. The van der Waals surface area contributed by atoms with Crippen LogP contribution in [0, 0.1) is 5.92 Å². The first kappa shape index (κ1) is 18.8. The highest BCUT2D eigenvalue weighted by Gasteiger charge is 2.27. The van der Waals surface area contributed by atoms with Crippen LogP contribution in [0.1, 0.15) is 51.0 Å². The summed E-state index contributed by atoms with van der Waals surface area (Å²) in [5.41, 5.74) is 1.93. The molecule has 0 aromatic carbocycles. The Morgan fingerprint density at radius 3 is 2.41 bits per heavy atom. The van der Waals surface area contributed by atoms with Gasteiger partial charge in [0.15, 0.2) is 11.5 Å². The van der Waals surface area contributed by atoms with Gasteiger partial charge in [-0.25, -0.2) is 0 Å². The minimum Gasteiger partial charge on any atom is -0.379 e. The van der Waals surface area contributed by atoms with Gasteiger partial charge in [0.25, 0.3) is 0 Å². The van der Waals surface area contributed by atoms with Gasteiger partial charge in [0.05, 0.1) is 32.1 Å². The maximum atomic E-state index is 5.63. The largest absolute Gasteiger partial charge is 0.379 e. The number of nitrogens with zero attached hydrogens (tertiary/aromatic N) is 5. The number of rotatable bonds is 3. The van der Waals surface area contributed by atoms with E-state index in [1.807, 2.05) is 10.6 Å². The number of aromatic nitrogens is 4. The van der Waals surface area contributed by atoms with Crippen LogP contribution in [0.25, 0.3) is 5.65 Å². The monoisotopic (exact) mass is 373 g/mol. The molecule has 2 aromatic heterocycles. The Hall–Kier alpha value is -1.57. The van der Waals surface area contributed by atoms with Crippen molar-refractivity contribution in [2.75, 3.05) is 46.1 Å². The molecule has 0 N–H and O–H groups in total. The van der Waals surface area contributed by atoms with E-state index in [2.05, 4.69) is 41.9 Å². The molecule has 0 amide bonds. The molecule has 2 aliphatic rings. The fourth-order valence-corrected chi connectivity index (χ4v) is 3.97. The molecular formula is C20H31N5O2. The molecule has 7 heteroatoms. The van der Waals surface area contributed by atoms with Crippen molar-refractivity contribution in [3.8, 4) is 0 Å². The SMILES string of the molecule is CC(C)(C)c1ccc2nnc(C3CCN(CC4COCCOC4)CC3)n2n1. The van der Waals surface area contributed by atoms with Crippen molar-refractivity contribution in [1.29, 1.82) is 0 Å². The third kappa shape index (κ3) is 4.31. The molecule has 2 fully saturated rings. The lowest BCUT2D eigenvalue weighted by atomic mass is 9.92. The zero-order valence-electron chi connectivity index (χ0n) is 16.7. The molecule has 2 aromatic rings. The van der Waals surface area contributed by atoms with Gasteiger partial charge in [0.2, 0.25) is 0 Å². The van der Waals surface area contributed by atoms with E-state index in [4.69, 9.17) is 14.6 Å². The first-order chi connectivity index (χ1) is 13.0. The maximum Gasteiger partial charge on any atom is 0.177 e. The van der Waals surface area contributed by atoms with Crippen LogP contribution in [-0.2, 0) is 14.9 Å². The van der Waals surface area contributed by atoms with Crippen LogP contribution in [0.15, 0.2) is 12.1 Å². The summed E-state index contributed by atoms with van der Waals surface area (Å²) in [6.45, 7) is 12.8. The zero-order chi connectivity index (χ0) is 18.9. The van der Waals surface area contributed by atoms with Gasteiger partial charge in [0, 0.05) is 23.8 Å². The molecular weight excluding hydrogens is 342 g/mol. The van der Waals surface area contributed by atoms with Gasteiger partial charge in [0.1, 0.15) is 0 Å². The van der Waals surface area contributed by atoms with E-state index in [1.54, 1.807) is 0 Å². The lowest BCUT2D eigenvalue weighted by molar-refractivity contribution is 0.0931. The van der Waals surface area contributed by atoms with Crippen molar-refractivity contribution < 1.29 is 9.47 Å². The molecule has 27 heavy (non-hydrogen) atoms. The van der Waals surface area contributed by atoms with Crippen LogP contribution in [0.4, 0.5) is 0 Å². The standard InChI is InChI=1S/C20H31N5O2/c1-20(2,3)17-4-5-18-21-22-19(25(18)23-17)16-6-8-24(9-7-16)12-15-13-26-10-11-27-14-15/h4-5,15-16H,6-14H2,1-3H3. The molecule has 0 saturated carbocycles. The van der Waals surface area contributed by atoms with E-state index in [9.17, 15) is 0 Å². The highest BCUT2D eigenvalue weighted by atomic mass is 16.5. The predicted octanol–water partition coefficient (Wildman–Crippen LogP) is 2.26. The normalized spacial score (nSPS) is 21.6. The van der Waals surface area contributed by atoms with Crippen molar-refractivity contribution >= 4 is 5.65 Å². The highest BCUT2D eigenvalue weighted by molar-refractivity contribution is 5.37. The molecule has 2 aliphatic heterocycles. The molecule has 2 saturated heterocycles. The van der Waals surface area contributed by atoms with Gasteiger partial charge in [-0.15, -0.1) is 10.2 Å². The molecule has 148 valence electrons. The summed E-state index contributed by atoms with van der Waals surface area (Å²) in [5.74, 6) is 1.91. The molecule has 7 nitrogen and oxygen atoms in total. The van der Waals surface area contributed by atoms with Crippen molar-refractivity contribution in [3.05, 3.63) is 23.7 Å². The van der Waals surface area contributed by atoms with Gasteiger partial charge in [-0.3, -0.25) is 0 Å². The van der Waals surface area contributed by atoms with E-state index < -0.39 is 0 Å². The van der Waals surface area contributed by atoms with Gasteiger partial charge in [-0.2, -0.15) is 9.61 Å². The van der Waals surface area contributed by atoms with Crippen LogP contribution in [0.3, 0.4) is 0 Å². The summed E-state index contributed by atoms with van der Waals surface area (Å²) in [6, 6.07) is 4.10. The number of hydrogen-bond donors (Lipinski definition) is 0. The van der Waals surface area contributed by atoms with Crippen molar-refractivity contribution in [2.24, 2.45) is 5.92 Å². The summed E-state index contributed by atoms with van der Waals surface area (Å²) in [5, 5.41) is 13.7. The summed E-state index contributed by atoms with van der Waals surface area (Å²) < 4.78 is 13.2. The third-order valence-electron chi connectivity index (χ3n) is 5.60. The molecule has 4 heterocycles. The second-order valence-electron chi connectivity index (χ2n) is 8.89. The second kappa shape index (κ2) is 7.81. The molecule has 4 rings (SSSR count). The Labute approximate surface area is 161 Å². The number of likely N-dealkylation sites (tertiary alicyclic amines) is 1. The molecule has 0 unspecified atom stereocenters.